The summed E-state index contributed by atoms with van der Waals surface area (Å²) in [6, 6.07) is 4.42. The van der Waals surface area contributed by atoms with E-state index in [9.17, 15) is 13.2 Å². The van der Waals surface area contributed by atoms with Crippen molar-refractivity contribution in [2.24, 2.45) is 0 Å². The third-order valence-corrected chi connectivity index (χ3v) is 2.75. The first-order valence-corrected chi connectivity index (χ1v) is 4.99. The molecule has 0 unspecified atom stereocenters. The van der Waals surface area contributed by atoms with Gasteiger partial charge in [-0.3, -0.25) is 0 Å². The van der Waals surface area contributed by atoms with Crippen LogP contribution in [0.5, 0.6) is 0 Å². The number of nitrogen functional groups attached to an aromatic ring is 1. The maximum atomic E-state index is 11.9. The second-order valence-electron chi connectivity index (χ2n) is 2.59. The van der Waals surface area contributed by atoms with E-state index in [4.69, 9.17) is 17.3 Å². The minimum atomic E-state index is -4.18. The first-order valence-electron chi connectivity index (χ1n) is 3.63. The minimum Gasteiger partial charge on any atom is -0.398 e. The van der Waals surface area contributed by atoms with Gasteiger partial charge in [-0.1, -0.05) is 11.6 Å². The van der Waals surface area contributed by atoms with Crippen LogP contribution in [0.1, 0.15) is 0 Å². The van der Waals surface area contributed by atoms with Crippen molar-refractivity contribution in [3.05, 3.63) is 23.2 Å². The highest BCUT2D eigenvalue weighted by atomic mass is 35.5. The predicted molar refractivity (Wildman–Crippen MR) is 52.6 cm³/mol. The fraction of sp³-hybridized carbons (Fsp3) is 0.250. The normalized spacial score (nSPS) is 11.7. The molecule has 1 rings (SSSR count). The molecule has 0 saturated carbocycles. The number of hydrogen-bond acceptors (Lipinski definition) is 2. The Hall–Kier alpha value is -0.550. The molecule has 0 amide bonds. The highest BCUT2D eigenvalue weighted by Gasteiger charge is 2.27. The van der Waals surface area contributed by atoms with Crippen LogP contribution >= 0.6 is 23.4 Å². The van der Waals surface area contributed by atoms with Gasteiger partial charge in [0.1, 0.15) is 0 Å². The van der Waals surface area contributed by atoms with Gasteiger partial charge in [-0.05, 0) is 18.2 Å². The molecule has 0 bridgehead atoms. The van der Waals surface area contributed by atoms with Crippen molar-refractivity contribution in [3.63, 3.8) is 0 Å². The maximum Gasteiger partial charge on any atom is 0.398 e. The summed E-state index contributed by atoms with van der Waals surface area (Å²) in [4.78, 5) is 0.395. The van der Waals surface area contributed by atoms with Crippen LogP contribution in [0.25, 0.3) is 0 Å². The minimum absolute atomic E-state index is 0.270. The highest BCUT2D eigenvalue weighted by Crippen LogP contribution is 2.32. The van der Waals surface area contributed by atoms with E-state index in [1.165, 1.54) is 18.2 Å². The first-order chi connectivity index (χ1) is 6.38. The van der Waals surface area contributed by atoms with Gasteiger partial charge in [0.25, 0.3) is 0 Å². The monoisotopic (exact) mass is 241 g/mol. The SMILES string of the molecule is Nc1cc(Cl)ccc1SCC(F)(F)F. The maximum absolute atomic E-state index is 11.9. The topological polar surface area (TPSA) is 26.0 Å². The summed E-state index contributed by atoms with van der Waals surface area (Å²) < 4.78 is 35.6. The van der Waals surface area contributed by atoms with Crippen molar-refractivity contribution in [1.82, 2.24) is 0 Å². The Morgan fingerprint density at radius 3 is 2.50 bits per heavy atom. The van der Waals surface area contributed by atoms with Gasteiger partial charge in [-0.2, -0.15) is 13.2 Å². The number of rotatable bonds is 2. The van der Waals surface area contributed by atoms with Crippen molar-refractivity contribution in [2.75, 3.05) is 11.5 Å². The van der Waals surface area contributed by atoms with Crippen molar-refractivity contribution in [2.45, 2.75) is 11.1 Å². The molecule has 0 aromatic heterocycles. The number of thioether (sulfide) groups is 1. The van der Waals surface area contributed by atoms with Gasteiger partial charge in [-0.15, -0.1) is 11.8 Å². The molecule has 0 aliphatic rings. The molecule has 0 radical (unpaired) electrons. The Labute approximate surface area is 88.4 Å². The number of benzene rings is 1. The van der Waals surface area contributed by atoms with E-state index >= 15 is 0 Å². The highest BCUT2D eigenvalue weighted by molar-refractivity contribution is 7.99. The van der Waals surface area contributed by atoms with Gasteiger partial charge >= 0.3 is 6.18 Å². The lowest BCUT2D eigenvalue weighted by Crippen LogP contribution is -2.10. The Morgan fingerprint density at radius 1 is 1.36 bits per heavy atom. The van der Waals surface area contributed by atoms with Crippen LogP contribution in [0, 0.1) is 0 Å². The summed E-state index contributed by atoms with van der Waals surface area (Å²) in [5, 5.41) is 0.416. The number of nitrogens with two attached hydrogens (primary N) is 1. The fourth-order valence-corrected chi connectivity index (χ4v) is 1.70. The average Bonchev–Trinajstić information content (AvgIpc) is 2.00. The largest absolute Gasteiger partial charge is 0.398 e. The van der Waals surface area contributed by atoms with Crippen LogP contribution in [-0.4, -0.2) is 11.9 Å². The molecule has 1 aromatic carbocycles. The van der Waals surface area contributed by atoms with Crippen LogP contribution in [-0.2, 0) is 0 Å². The Balaban J connectivity index is 2.68. The Morgan fingerprint density at radius 2 is 2.00 bits per heavy atom. The zero-order valence-electron chi connectivity index (χ0n) is 6.94. The zero-order valence-corrected chi connectivity index (χ0v) is 8.51. The molecule has 6 heteroatoms. The molecule has 1 aromatic rings. The summed E-state index contributed by atoms with van der Waals surface area (Å²) in [6.45, 7) is 0. The molecular weight excluding hydrogens is 235 g/mol. The summed E-state index contributed by atoms with van der Waals surface area (Å²) in [5.74, 6) is -0.946. The van der Waals surface area contributed by atoms with Gasteiger partial charge in [0.2, 0.25) is 0 Å². The van der Waals surface area contributed by atoms with E-state index in [-0.39, 0.29) is 5.69 Å². The molecular formula is C8H7ClF3NS. The predicted octanol–water partition coefficient (Wildman–Crippen LogP) is 3.58. The molecule has 0 heterocycles. The van der Waals surface area contributed by atoms with Crippen molar-refractivity contribution >= 4 is 29.1 Å². The van der Waals surface area contributed by atoms with E-state index in [1.54, 1.807) is 0 Å². The number of halogens is 4. The Kier molecular flexibility index (Phi) is 3.55. The van der Waals surface area contributed by atoms with Crippen LogP contribution in [0.15, 0.2) is 23.1 Å². The summed E-state index contributed by atoms with van der Waals surface area (Å²) in [7, 11) is 0. The van der Waals surface area contributed by atoms with Gasteiger partial charge in [0.05, 0.1) is 5.75 Å². The lowest BCUT2D eigenvalue weighted by molar-refractivity contribution is -0.105. The molecule has 78 valence electrons. The van der Waals surface area contributed by atoms with Crippen LogP contribution < -0.4 is 5.73 Å². The van der Waals surface area contributed by atoms with E-state index in [0.717, 1.165) is 0 Å². The third-order valence-electron chi connectivity index (χ3n) is 1.36. The molecule has 0 aliphatic heterocycles. The molecule has 0 atom stereocenters. The van der Waals surface area contributed by atoms with Crippen molar-refractivity contribution in [1.29, 1.82) is 0 Å². The smallest absolute Gasteiger partial charge is 0.398 e. The van der Waals surface area contributed by atoms with Gasteiger partial charge in [0.15, 0.2) is 0 Å². The lowest BCUT2D eigenvalue weighted by Gasteiger charge is -2.07. The summed E-state index contributed by atoms with van der Waals surface area (Å²) in [5.41, 5.74) is 5.75. The molecule has 0 aliphatic carbocycles. The van der Waals surface area contributed by atoms with E-state index < -0.39 is 11.9 Å². The van der Waals surface area contributed by atoms with E-state index in [0.29, 0.717) is 21.7 Å². The standard InChI is InChI=1S/C8H7ClF3NS/c9-5-1-2-7(6(13)3-5)14-4-8(10,11)12/h1-3H,4,13H2. The van der Waals surface area contributed by atoms with E-state index in [1.807, 2.05) is 0 Å². The van der Waals surface area contributed by atoms with E-state index in [2.05, 4.69) is 0 Å². The molecule has 2 N–H and O–H groups in total. The van der Waals surface area contributed by atoms with Crippen LogP contribution in [0.3, 0.4) is 0 Å². The van der Waals surface area contributed by atoms with Crippen molar-refractivity contribution in [3.8, 4) is 0 Å². The zero-order chi connectivity index (χ0) is 10.8. The fourth-order valence-electron chi connectivity index (χ4n) is 0.810. The Bertz CT molecular complexity index is 327. The summed E-state index contributed by atoms with van der Waals surface area (Å²) in [6.07, 6.45) is -4.18. The number of hydrogen-bond donors (Lipinski definition) is 1. The van der Waals surface area contributed by atoms with Gasteiger partial charge in [0, 0.05) is 15.6 Å². The molecule has 0 fully saturated rings. The van der Waals surface area contributed by atoms with Crippen LogP contribution in [0.2, 0.25) is 5.02 Å². The first kappa shape index (κ1) is 11.5. The number of anilines is 1. The van der Waals surface area contributed by atoms with Crippen molar-refractivity contribution < 1.29 is 13.2 Å². The second kappa shape index (κ2) is 4.31. The molecule has 1 nitrogen and oxygen atoms in total. The summed E-state index contributed by atoms with van der Waals surface area (Å²) >= 11 is 6.25. The molecule has 0 spiro atoms. The average molecular weight is 242 g/mol. The van der Waals surface area contributed by atoms with Gasteiger partial charge in [-0.25, -0.2) is 0 Å². The molecule has 14 heavy (non-hydrogen) atoms. The second-order valence-corrected chi connectivity index (χ2v) is 4.04. The molecule has 0 saturated heterocycles. The lowest BCUT2D eigenvalue weighted by atomic mass is 10.3. The van der Waals surface area contributed by atoms with Gasteiger partial charge < -0.3 is 5.73 Å². The number of alkyl halides is 3. The third kappa shape index (κ3) is 3.67. The quantitative estimate of drug-likeness (QED) is 0.633. The van der Waals surface area contributed by atoms with Crippen LogP contribution in [0.4, 0.5) is 18.9 Å².